The Labute approximate surface area is 109 Å². The molecule has 0 saturated heterocycles. The Kier molecular flexibility index (Phi) is 3.82. The fourth-order valence-electron chi connectivity index (χ4n) is 1.70. The van der Waals surface area contributed by atoms with Gasteiger partial charge in [-0.3, -0.25) is 0 Å². The molecule has 0 aliphatic rings. The smallest absolute Gasteiger partial charge is 0.146 e. The van der Waals surface area contributed by atoms with Crippen LogP contribution in [0.3, 0.4) is 0 Å². The lowest BCUT2D eigenvalue weighted by Gasteiger charge is -2.11. The predicted octanol–water partition coefficient (Wildman–Crippen LogP) is 4.54. The van der Waals surface area contributed by atoms with Gasteiger partial charge in [0, 0.05) is 11.6 Å². The minimum Gasteiger partial charge on any atom is -0.378 e. The Morgan fingerprint density at radius 1 is 1.17 bits per heavy atom. The molecule has 2 aromatic rings. The molecule has 0 aliphatic heterocycles. The van der Waals surface area contributed by atoms with E-state index in [1.165, 1.54) is 18.2 Å². The second-order valence-electron chi connectivity index (χ2n) is 4.02. The monoisotopic (exact) mass is 267 g/mol. The topological polar surface area (TPSA) is 12.0 Å². The first-order valence-corrected chi connectivity index (χ1v) is 5.88. The van der Waals surface area contributed by atoms with Gasteiger partial charge >= 0.3 is 0 Å². The largest absolute Gasteiger partial charge is 0.378 e. The van der Waals surface area contributed by atoms with E-state index >= 15 is 0 Å². The van der Waals surface area contributed by atoms with E-state index in [0.29, 0.717) is 17.3 Å². The predicted molar refractivity (Wildman–Crippen MR) is 69.9 cm³/mol. The number of rotatable bonds is 3. The average Bonchev–Trinajstić information content (AvgIpc) is 2.31. The zero-order valence-electron chi connectivity index (χ0n) is 9.81. The number of hydrogen-bond donors (Lipinski definition) is 1. The minimum absolute atomic E-state index is 0.312. The van der Waals surface area contributed by atoms with Crippen molar-refractivity contribution >= 4 is 17.3 Å². The molecule has 4 heteroatoms. The summed E-state index contributed by atoms with van der Waals surface area (Å²) in [7, 11) is 0. The van der Waals surface area contributed by atoms with Crippen LogP contribution < -0.4 is 5.32 Å². The van der Waals surface area contributed by atoms with Crippen molar-refractivity contribution in [1.29, 1.82) is 0 Å². The number of aryl methyl sites for hydroxylation is 1. The van der Waals surface area contributed by atoms with Crippen molar-refractivity contribution in [2.45, 2.75) is 13.5 Å². The van der Waals surface area contributed by atoms with Crippen molar-refractivity contribution < 1.29 is 8.78 Å². The summed E-state index contributed by atoms with van der Waals surface area (Å²) in [5.74, 6) is -0.695. The first kappa shape index (κ1) is 12.8. The third kappa shape index (κ3) is 2.79. The van der Waals surface area contributed by atoms with E-state index in [1.807, 2.05) is 13.0 Å². The van der Waals surface area contributed by atoms with Crippen LogP contribution in [0.15, 0.2) is 36.4 Å². The average molecular weight is 268 g/mol. The summed E-state index contributed by atoms with van der Waals surface area (Å²) in [6, 6.07) is 9.02. The molecular weight excluding hydrogens is 256 g/mol. The van der Waals surface area contributed by atoms with Crippen LogP contribution in [0.5, 0.6) is 0 Å². The molecule has 1 nitrogen and oxygen atoms in total. The number of nitrogens with one attached hydrogen (secondary N) is 1. The molecule has 2 rings (SSSR count). The van der Waals surface area contributed by atoms with Crippen molar-refractivity contribution in [2.75, 3.05) is 5.32 Å². The standard InChI is InChI=1S/C14H12ClF2N/c1-9-3-2-4-13(17)14(9)18-8-10-5-6-11(16)7-12(10)15/h2-7,18H,8H2,1H3. The first-order valence-electron chi connectivity index (χ1n) is 5.51. The van der Waals surface area contributed by atoms with Gasteiger partial charge in [0.2, 0.25) is 0 Å². The Balaban J connectivity index is 2.16. The van der Waals surface area contributed by atoms with Crippen molar-refractivity contribution in [1.82, 2.24) is 0 Å². The van der Waals surface area contributed by atoms with Crippen LogP contribution in [0.2, 0.25) is 5.02 Å². The highest BCUT2D eigenvalue weighted by Gasteiger charge is 2.06. The third-order valence-corrected chi connectivity index (χ3v) is 3.04. The zero-order chi connectivity index (χ0) is 13.1. The van der Waals surface area contributed by atoms with E-state index in [9.17, 15) is 8.78 Å². The number of para-hydroxylation sites is 1. The van der Waals surface area contributed by atoms with Crippen molar-refractivity contribution in [3.8, 4) is 0 Å². The Morgan fingerprint density at radius 3 is 2.61 bits per heavy atom. The van der Waals surface area contributed by atoms with Gasteiger partial charge in [-0.15, -0.1) is 0 Å². The highest BCUT2D eigenvalue weighted by Crippen LogP contribution is 2.22. The highest BCUT2D eigenvalue weighted by atomic mass is 35.5. The maximum Gasteiger partial charge on any atom is 0.146 e. The van der Waals surface area contributed by atoms with E-state index in [2.05, 4.69) is 5.32 Å². The van der Waals surface area contributed by atoms with Gasteiger partial charge in [-0.25, -0.2) is 8.78 Å². The molecule has 0 unspecified atom stereocenters. The second-order valence-corrected chi connectivity index (χ2v) is 4.43. The minimum atomic E-state index is -0.383. The van der Waals surface area contributed by atoms with Crippen LogP contribution >= 0.6 is 11.6 Å². The highest BCUT2D eigenvalue weighted by molar-refractivity contribution is 6.31. The summed E-state index contributed by atoms with van der Waals surface area (Å²) in [6.07, 6.45) is 0. The maximum absolute atomic E-state index is 13.6. The van der Waals surface area contributed by atoms with Crippen LogP contribution in [0.25, 0.3) is 0 Å². The van der Waals surface area contributed by atoms with Crippen LogP contribution in [0.4, 0.5) is 14.5 Å². The first-order chi connectivity index (χ1) is 8.58. The van der Waals surface area contributed by atoms with Crippen LogP contribution in [-0.4, -0.2) is 0 Å². The molecule has 1 N–H and O–H groups in total. The number of anilines is 1. The lowest BCUT2D eigenvalue weighted by molar-refractivity contribution is 0.626. The molecule has 0 spiro atoms. The Bertz CT molecular complexity index is 549. The van der Waals surface area contributed by atoms with Gasteiger partial charge in [-0.1, -0.05) is 29.8 Å². The quantitative estimate of drug-likeness (QED) is 0.861. The molecule has 94 valence electrons. The second kappa shape index (κ2) is 5.36. The fraction of sp³-hybridized carbons (Fsp3) is 0.143. The van der Waals surface area contributed by atoms with Gasteiger partial charge in [-0.05, 0) is 36.2 Å². The van der Waals surface area contributed by atoms with E-state index in [-0.39, 0.29) is 11.6 Å². The molecular formula is C14H12ClF2N. The molecule has 0 atom stereocenters. The van der Waals surface area contributed by atoms with E-state index in [0.717, 1.165) is 11.1 Å². The summed E-state index contributed by atoms with van der Waals surface area (Å²) in [4.78, 5) is 0. The Hall–Kier alpha value is -1.61. The van der Waals surface area contributed by atoms with Gasteiger partial charge in [0.1, 0.15) is 11.6 Å². The summed E-state index contributed by atoms with van der Waals surface area (Å²) >= 11 is 5.90. The van der Waals surface area contributed by atoms with Gasteiger partial charge < -0.3 is 5.32 Å². The Morgan fingerprint density at radius 2 is 1.94 bits per heavy atom. The lowest BCUT2D eigenvalue weighted by atomic mass is 10.1. The number of hydrogen-bond acceptors (Lipinski definition) is 1. The van der Waals surface area contributed by atoms with Gasteiger partial charge in [0.05, 0.1) is 5.69 Å². The van der Waals surface area contributed by atoms with Gasteiger partial charge in [0.25, 0.3) is 0 Å². The molecule has 18 heavy (non-hydrogen) atoms. The lowest BCUT2D eigenvalue weighted by Crippen LogP contribution is -2.04. The van der Waals surface area contributed by atoms with E-state index in [1.54, 1.807) is 12.1 Å². The molecule has 0 fully saturated rings. The molecule has 0 radical (unpaired) electrons. The molecule has 0 saturated carbocycles. The van der Waals surface area contributed by atoms with Crippen molar-refractivity contribution in [2.24, 2.45) is 0 Å². The SMILES string of the molecule is Cc1cccc(F)c1NCc1ccc(F)cc1Cl. The number of benzene rings is 2. The third-order valence-electron chi connectivity index (χ3n) is 2.69. The molecule has 0 heterocycles. The molecule has 0 amide bonds. The summed E-state index contributed by atoms with van der Waals surface area (Å²) in [5.41, 5.74) is 1.98. The van der Waals surface area contributed by atoms with Gasteiger partial charge in [0.15, 0.2) is 0 Å². The fourth-order valence-corrected chi connectivity index (χ4v) is 1.94. The molecule has 0 aliphatic carbocycles. The maximum atomic E-state index is 13.6. The summed E-state index contributed by atoms with van der Waals surface area (Å²) in [6.45, 7) is 2.17. The van der Waals surface area contributed by atoms with Gasteiger partial charge in [-0.2, -0.15) is 0 Å². The summed E-state index contributed by atoms with van der Waals surface area (Å²) in [5, 5.41) is 3.31. The zero-order valence-corrected chi connectivity index (χ0v) is 10.6. The van der Waals surface area contributed by atoms with Crippen molar-refractivity contribution in [3.05, 3.63) is 64.2 Å². The van der Waals surface area contributed by atoms with Crippen molar-refractivity contribution in [3.63, 3.8) is 0 Å². The molecule has 2 aromatic carbocycles. The van der Waals surface area contributed by atoms with E-state index < -0.39 is 0 Å². The molecule has 0 aromatic heterocycles. The summed E-state index contributed by atoms with van der Waals surface area (Å²) < 4.78 is 26.4. The van der Waals surface area contributed by atoms with Crippen LogP contribution in [0.1, 0.15) is 11.1 Å². The molecule has 0 bridgehead atoms. The number of halogens is 3. The van der Waals surface area contributed by atoms with Crippen LogP contribution in [-0.2, 0) is 6.54 Å². The van der Waals surface area contributed by atoms with E-state index in [4.69, 9.17) is 11.6 Å². The van der Waals surface area contributed by atoms with Crippen LogP contribution in [0, 0.1) is 18.6 Å². The normalized spacial score (nSPS) is 10.4.